The summed E-state index contributed by atoms with van der Waals surface area (Å²) in [7, 11) is -10.3. The van der Waals surface area contributed by atoms with E-state index in [1.54, 1.807) is 6.11 Å². The van der Waals surface area contributed by atoms with E-state index in [0.717, 1.165) is 42.5 Å². The van der Waals surface area contributed by atoms with Gasteiger partial charge in [0, 0.05) is 9.79 Å². The molecule has 3 aromatic rings. The molecule has 0 saturated carbocycles. The fourth-order valence-corrected chi connectivity index (χ4v) is 6.25. The molecule has 0 saturated heterocycles. The Hall–Kier alpha value is 1.67. The van der Waals surface area contributed by atoms with Gasteiger partial charge in [-0.25, -0.2) is 21.6 Å². The number of hydrogen-bond acceptors (Lipinski definition) is 20. The maximum atomic E-state index is 13.2. The predicted molar refractivity (Wildman–Crippen MR) is 165 cm³/mol. The summed E-state index contributed by atoms with van der Waals surface area (Å²) in [5, 5.41) is 46.5. The number of carbonyl (C=O) groups excluding carboxylic acids is 2. The predicted octanol–water partition coefficient (Wildman–Crippen LogP) is -11.5. The van der Waals surface area contributed by atoms with E-state index in [2.05, 4.69) is 33.7 Å². The summed E-state index contributed by atoms with van der Waals surface area (Å²) in [4.78, 5) is 24.2. The number of carbonyl (C=O) groups is 2. The van der Waals surface area contributed by atoms with Gasteiger partial charge in [0.15, 0.2) is 5.69 Å². The molecule has 1 aliphatic rings. The van der Waals surface area contributed by atoms with Gasteiger partial charge in [0.25, 0.3) is 5.91 Å². The molecule has 0 radical (unpaired) electrons. The van der Waals surface area contributed by atoms with E-state index in [1.807, 2.05) is 0 Å². The van der Waals surface area contributed by atoms with Crippen LogP contribution in [0, 0.1) is 12.5 Å². The van der Waals surface area contributed by atoms with Crippen molar-refractivity contribution in [3.05, 3.63) is 77.5 Å². The van der Waals surface area contributed by atoms with Crippen LogP contribution in [0.5, 0.6) is 5.88 Å². The Kier molecular flexibility index (Phi) is 27.0. The molecule has 1 amide bonds. The van der Waals surface area contributed by atoms with Crippen LogP contribution in [0.1, 0.15) is 23.0 Å². The summed E-state index contributed by atoms with van der Waals surface area (Å²) in [5.74, 6) is -3.00. The molecule has 0 atom stereocenters. The van der Waals surface area contributed by atoms with Crippen LogP contribution in [0.3, 0.4) is 0 Å². The van der Waals surface area contributed by atoms with Gasteiger partial charge < -0.3 is 29.5 Å². The number of anilines is 1. The number of amides is 1. The number of aromatic nitrogens is 2. The fraction of sp³-hybridized carbons (Fsp3) is 0.0370. The second kappa shape index (κ2) is 26.2. The van der Waals surface area contributed by atoms with Gasteiger partial charge in [-0.1, -0.05) is 24.7 Å². The van der Waals surface area contributed by atoms with E-state index >= 15 is 0 Å². The van der Waals surface area contributed by atoms with Crippen molar-refractivity contribution in [2.75, 3.05) is 5.01 Å². The molecule has 2 heterocycles. The average Bonchev–Trinajstić information content (AvgIpc) is 3.55. The van der Waals surface area contributed by atoms with Crippen LogP contribution >= 0.6 is 24.1 Å². The quantitative estimate of drug-likeness (QED) is 0.0181. The normalized spacial score (nSPS) is 13.5. The smallest absolute Gasteiger partial charge is 0.744 e. The van der Waals surface area contributed by atoms with Gasteiger partial charge >= 0.3 is 212 Å². The Morgan fingerprint density at radius 2 is 1.42 bits per heavy atom. The number of allylic oxidation sites excluding steroid dienone is 4. The molecule has 0 bridgehead atoms. The molecule has 1 aromatic heterocycles. The van der Waals surface area contributed by atoms with Crippen LogP contribution in [0.15, 0.2) is 91.0 Å². The summed E-state index contributed by atoms with van der Waals surface area (Å²) in [6.07, 6.45) is 12.8. The fourth-order valence-electron chi connectivity index (χ4n) is 4.19. The number of ether oxygens (including phenoxy) is 1. The molecule has 2 aromatic carbocycles. The Morgan fingerprint density at radius 1 is 0.891 bits per heavy atom. The minimum absolute atomic E-state index is 0. The number of esters is 1. The number of hydrazone groups is 1. The van der Waals surface area contributed by atoms with Crippen molar-refractivity contribution in [2.24, 2.45) is 5.10 Å². The Bertz CT molecular complexity index is 2280. The third-order valence-corrected chi connectivity index (χ3v) is 9.13. The number of terminal acetylenes is 1. The van der Waals surface area contributed by atoms with E-state index in [4.69, 9.17) is 6.42 Å². The van der Waals surface area contributed by atoms with Crippen molar-refractivity contribution in [2.45, 2.75) is 26.5 Å². The topological polar surface area (TPSA) is 294 Å². The molecule has 28 heteroatoms. The first-order chi connectivity index (χ1) is 24.1. The monoisotopic (exact) mass is 936 g/mol. The molecular formula is C27H16K4N4O16S4. The second-order valence-electron chi connectivity index (χ2n) is 9.24. The largest absolute Gasteiger partial charge is 1.00 e. The molecule has 55 heavy (non-hydrogen) atoms. The van der Waals surface area contributed by atoms with Crippen molar-refractivity contribution in [1.82, 2.24) is 9.78 Å². The summed E-state index contributed by atoms with van der Waals surface area (Å²) in [5.41, 5.74) is -2.00. The summed E-state index contributed by atoms with van der Waals surface area (Å²) in [6.45, 7) is 1.41. The van der Waals surface area contributed by atoms with E-state index in [1.165, 1.54) is 31.2 Å². The van der Waals surface area contributed by atoms with Gasteiger partial charge in [0.2, 0.25) is 5.88 Å². The van der Waals surface area contributed by atoms with Crippen LogP contribution < -0.4 is 221 Å². The van der Waals surface area contributed by atoms with Crippen molar-refractivity contribution in [3.63, 3.8) is 0 Å². The van der Waals surface area contributed by atoms with Crippen LogP contribution in [0.2, 0.25) is 0 Å². The zero-order chi connectivity index (χ0) is 37.5. The van der Waals surface area contributed by atoms with Crippen LogP contribution in [-0.4, -0.2) is 58.4 Å². The standard InChI is InChI=1S/C27H20N4O16S4.4K/c1-3-43-27(34)24-19(26(33)31(29-24)21-14-17(49-47-45-36)10-12-23(21)51(40,41)42)8-6-4-5-7-18-15(2)28-30(25(18)32)20-13-16(48-46-44-35)9-11-22(20)50(37,38)39;;;;/h1,4-14,33,35-36H,2H3,(H,37,38,39)(H,40,41,42);;;;/q;4*+1/p-4/b5-4+,8-6+,18-7+;;;;. The maximum absolute atomic E-state index is 13.2. The summed E-state index contributed by atoms with van der Waals surface area (Å²) in [6, 6.07) is 5.95. The number of benzene rings is 2. The van der Waals surface area contributed by atoms with Crippen LogP contribution in [0.4, 0.5) is 5.69 Å². The minimum Gasteiger partial charge on any atom is -0.744 e. The third kappa shape index (κ3) is 15.2. The van der Waals surface area contributed by atoms with Crippen molar-refractivity contribution in [1.29, 1.82) is 0 Å². The summed E-state index contributed by atoms with van der Waals surface area (Å²) < 4.78 is 85.0. The molecule has 1 N–H and O–H groups in total. The zero-order valence-corrected chi connectivity index (χ0v) is 44.7. The van der Waals surface area contributed by atoms with E-state index in [-0.39, 0.29) is 232 Å². The SMILES string of the molecule is C#COC(=O)c1nn(-c2cc(SOO[O-])ccc2S(=O)(=O)[O-])c(O)c1/C=C/C=C/C=C1/C(=O)N(c2cc(SOO[O-])ccc2S(=O)(=O)[O-])N=C1C.[K+].[K+].[K+].[K+]. The molecule has 4 rings (SSSR count). The Balaban J connectivity index is 0.00000729. The molecule has 0 aliphatic carbocycles. The number of hydrogen-bond donors (Lipinski definition) is 1. The first-order valence-electron chi connectivity index (χ1n) is 13.0. The first-order valence-corrected chi connectivity index (χ1v) is 17.3. The number of nitrogens with zero attached hydrogens (tertiary/aromatic N) is 4. The number of rotatable bonds is 14. The van der Waals surface area contributed by atoms with E-state index in [9.17, 15) is 51.2 Å². The molecule has 1 aliphatic heterocycles. The van der Waals surface area contributed by atoms with Crippen molar-refractivity contribution in [3.8, 4) is 24.1 Å². The van der Waals surface area contributed by atoms with Crippen molar-refractivity contribution >= 4 is 73.7 Å². The van der Waals surface area contributed by atoms with E-state index < -0.39 is 64.9 Å². The van der Waals surface area contributed by atoms with Crippen LogP contribution in [-0.2, 0) is 48.5 Å². The summed E-state index contributed by atoms with van der Waals surface area (Å²) >= 11 is 0.685. The Morgan fingerprint density at radius 3 is 1.93 bits per heavy atom. The molecular weight excluding hydrogens is 921 g/mol. The zero-order valence-electron chi connectivity index (χ0n) is 28.9. The number of aromatic hydroxyl groups is 1. The molecule has 0 unspecified atom stereocenters. The molecule has 20 nitrogen and oxygen atoms in total. The van der Waals surface area contributed by atoms with Gasteiger partial charge in [-0.15, -0.1) is 0 Å². The van der Waals surface area contributed by atoms with Gasteiger partial charge in [-0.2, -0.15) is 28.6 Å². The van der Waals surface area contributed by atoms with Gasteiger partial charge in [0.1, 0.15) is 26.3 Å². The van der Waals surface area contributed by atoms with Gasteiger partial charge in [-0.3, -0.25) is 14.9 Å². The van der Waals surface area contributed by atoms with Crippen molar-refractivity contribution < 1.29 is 280 Å². The second-order valence-corrected chi connectivity index (χ2v) is 13.5. The maximum Gasteiger partial charge on any atom is 1.00 e. The molecule has 268 valence electrons. The third-order valence-electron chi connectivity index (χ3n) is 6.22. The van der Waals surface area contributed by atoms with Crippen LogP contribution in [0.25, 0.3) is 11.8 Å². The molecule has 0 fully saturated rings. The Labute approximate surface area is 491 Å². The van der Waals surface area contributed by atoms with Gasteiger partial charge in [-0.05, 0) is 55.5 Å². The van der Waals surface area contributed by atoms with E-state index in [0.29, 0.717) is 33.8 Å². The van der Waals surface area contributed by atoms with Gasteiger partial charge in [0.05, 0.1) is 62.1 Å². The molecule has 0 spiro atoms. The minimum atomic E-state index is -5.21. The first kappa shape index (κ1) is 56.7. The average molecular weight is 937 g/mol.